The number of carbonyl (C=O) groups excluding carboxylic acids is 2. The molecule has 29 heavy (non-hydrogen) atoms. The molecule has 0 bridgehead atoms. The molecule has 3 heterocycles. The molecular weight excluding hydrogens is 373 g/mol. The van der Waals surface area contributed by atoms with Crippen LogP contribution in [0.2, 0.25) is 0 Å². The van der Waals surface area contributed by atoms with Crippen LogP contribution in [0.1, 0.15) is 21.7 Å². The van der Waals surface area contributed by atoms with Gasteiger partial charge < -0.3 is 15.3 Å². The van der Waals surface area contributed by atoms with Crippen molar-refractivity contribution in [2.24, 2.45) is 12.8 Å². The molecule has 0 saturated carbocycles. The summed E-state index contributed by atoms with van der Waals surface area (Å²) in [6.45, 7) is 0. The number of H-pyrrole nitrogens is 1. The highest BCUT2D eigenvalue weighted by molar-refractivity contribution is 6.07. The van der Waals surface area contributed by atoms with E-state index in [0.29, 0.717) is 11.2 Å². The summed E-state index contributed by atoms with van der Waals surface area (Å²) in [4.78, 5) is 34.8. The summed E-state index contributed by atoms with van der Waals surface area (Å²) in [6, 6.07) is 8.85. The normalized spacial score (nSPS) is 11.4. The van der Waals surface area contributed by atoms with Crippen molar-refractivity contribution in [3.05, 3.63) is 77.9 Å². The van der Waals surface area contributed by atoms with Gasteiger partial charge in [0.25, 0.3) is 0 Å². The number of nitrogens with one attached hydrogen (secondary N) is 1. The average molecular weight is 389 g/mol. The first-order valence-corrected chi connectivity index (χ1v) is 8.71. The largest absolute Gasteiger partial charge is 0.366 e. The highest BCUT2D eigenvalue weighted by Crippen LogP contribution is 2.26. The van der Waals surface area contributed by atoms with Crippen molar-refractivity contribution in [2.45, 2.75) is 0 Å². The van der Waals surface area contributed by atoms with Gasteiger partial charge in [-0.15, -0.1) is 0 Å². The molecule has 0 radical (unpaired) electrons. The molecule has 8 heteroatoms. The number of rotatable bonds is 5. The van der Waals surface area contributed by atoms with Crippen LogP contribution >= 0.6 is 0 Å². The van der Waals surface area contributed by atoms with Crippen LogP contribution in [0.4, 0.5) is 4.39 Å². The number of hydrogen-bond donors (Lipinski definition) is 2. The van der Waals surface area contributed by atoms with E-state index in [1.807, 2.05) is 6.07 Å². The van der Waals surface area contributed by atoms with E-state index >= 15 is 0 Å². The number of aromatic amines is 1. The van der Waals surface area contributed by atoms with Gasteiger partial charge in [-0.2, -0.15) is 4.39 Å². The Morgan fingerprint density at radius 2 is 1.90 bits per heavy atom. The molecule has 1 aromatic carbocycles. The molecule has 0 atom stereocenters. The Labute approximate surface area is 164 Å². The first kappa shape index (κ1) is 18.3. The third kappa shape index (κ3) is 3.43. The molecule has 3 N–H and O–H groups in total. The number of amides is 1. The summed E-state index contributed by atoms with van der Waals surface area (Å²) in [5.41, 5.74) is 8.73. The second-order valence-electron chi connectivity index (χ2n) is 6.47. The number of pyridine rings is 1. The van der Waals surface area contributed by atoms with Gasteiger partial charge in [0.05, 0.1) is 6.20 Å². The Morgan fingerprint density at radius 1 is 1.14 bits per heavy atom. The lowest BCUT2D eigenvalue weighted by atomic mass is 10.0. The Kier molecular flexibility index (Phi) is 4.52. The molecule has 4 rings (SSSR count). The standard InChI is InChI=1S/C21H16FN5O2/c1-27-17(22)11-26-21(27)19(29)13-4-2-12(3-5-13)15-8-16-14(6-7-18(23)28)9-24-20(16)25-10-15/h2-11H,1H3,(H2,23,28)(H,24,25)/b7-6+. The van der Waals surface area contributed by atoms with E-state index in [1.54, 1.807) is 42.7 Å². The molecular formula is C21H16FN5O2. The first-order chi connectivity index (χ1) is 13.9. The zero-order valence-electron chi connectivity index (χ0n) is 15.4. The van der Waals surface area contributed by atoms with Crippen LogP contribution in [0, 0.1) is 5.95 Å². The fourth-order valence-electron chi connectivity index (χ4n) is 3.03. The fraction of sp³-hybridized carbons (Fsp3) is 0.0476. The third-order valence-electron chi connectivity index (χ3n) is 4.61. The van der Waals surface area contributed by atoms with Gasteiger partial charge in [-0.3, -0.25) is 9.59 Å². The predicted molar refractivity (Wildman–Crippen MR) is 106 cm³/mol. The van der Waals surface area contributed by atoms with Crippen LogP contribution in [-0.4, -0.2) is 31.2 Å². The first-order valence-electron chi connectivity index (χ1n) is 8.71. The van der Waals surface area contributed by atoms with Crippen LogP contribution in [-0.2, 0) is 11.8 Å². The number of imidazole rings is 1. The summed E-state index contributed by atoms with van der Waals surface area (Å²) >= 11 is 0. The quantitative estimate of drug-likeness (QED) is 0.404. The molecule has 0 aliphatic heterocycles. The minimum Gasteiger partial charge on any atom is -0.366 e. The van der Waals surface area contributed by atoms with E-state index in [-0.39, 0.29) is 11.6 Å². The lowest BCUT2D eigenvalue weighted by Gasteiger charge is -2.05. The van der Waals surface area contributed by atoms with E-state index in [4.69, 9.17) is 5.73 Å². The van der Waals surface area contributed by atoms with Gasteiger partial charge >= 0.3 is 0 Å². The lowest BCUT2D eigenvalue weighted by Crippen LogP contribution is -2.09. The molecule has 0 aliphatic rings. The number of hydrogen-bond acceptors (Lipinski definition) is 4. The maximum atomic E-state index is 13.4. The maximum Gasteiger partial charge on any atom is 0.241 e. The number of benzene rings is 1. The molecule has 0 fully saturated rings. The van der Waals surface area contributed by atoms with Gasteiger partial charge in [-0.1, -0.05) is 24.3 Å². The Hall–Kier alpha value is -4.07. The molecule has 3 aromatic heterocycles. The molecule has 4 aromatic rings. The minimum absolute atomic E-state index is 0.0385. The summed E-state index contributed by atoms with van der Waals surface area (Å²) in [5, 5.41) is 0.837. The predicted octanol–water partition coefficient (Wildman–Crippen LogP) is 2.83. The summed E-state index contributed by atoms with van der Waals surface area (Å²) < 4.78 is 14.6. The highest BCUT2D eigenvalue weighted by Gasteiger charge is 2.16. The average Bonchev–Trinajstić information content (AvgIpc) is 3.28. The van der Waals surface area contributed by atoms with E-state index < -0.39 is 11.9 Å². The Bertz CT molecular complexity index is 1270. The van der Waals surface area contributed by atoms with E-state index in [9.17, 15) is 14.0 Å². The van der Waals surface area contributed by atoms with Gasteiger partial charge in [0.2, 0.25) is 17.6 Å². The van der Waals surface area contributed by atoms with Crippen LogP contribution in [0.5, 0.6) is 0 Å². The number of fused-ring (bicyclic) bond motifs is 1. The van der Waals surface area contributed by atoms with Crippen molar-refractivity contribution in [3.8, 4) is 11.1 Å². The maximum absolute atomic E-state index is 13.4. The van der Waals surface area contributed by atoms with Crippen molar-refractivity contribution in [1.29, 1.82) is 0 Å². The molecule has 0 aliphatic carbocycles. The third-order valence-corrected chi connectivity index (χ3v) is 4.61. The number of ketones is 1. The SMILES string of the molecule is Cn1c(F)cnc1C(=O)c1ccc(-c2cnc3[nH]cc(/C=C/C(N)=O)c3c2)cc1. The molecule has 1 amide bonds. The molecule has 7 nitrogen and oxygen atoms in total. The smallest absolute Gasteiger partial charge is 0.241 e. The molecule has 0 spiro atoms. The van der Waals surface area contributed by atoms with Gasteiger partial charge in [0.15, 0.2) is 5.82 Å². The van der Waals surface area contributed by atoms with Crippen LogP contribution < -0.4 is 5.73 Å². The number of nitrogens with two attached hydrogens (primary N) is 1. The fourth-order valence-corrected chi connectivity index (χ4v) is 3.03. The van der Waals surface area contributed by atoms with Crippen molar-refractivity contribution in [1.82, 2.24) is 19.5 Å². The molecule has 144 valence electrons. The summed E-state index contributed by atoms with van der Waals surface area (Å²) in [5.74, 6) is -1.43. The Balaban J connectivity index is 1.66. The van der Waals surface area contributed by atoms with Gasteiger partial charge in [0, 0.05) is 47.6 Å². The number of nitrogens with zero attached hydrogens (tertiary/aromatic N) is 3. The van der Waals surface area contributed by atoms with Gasteiger partial charge in [-0.25, -0.2) is 9.97 Å². The van der Waals surface area contributed by atoms with Crippen LogP contribution in [0.25, 0.3) is 28.2 Å². The van der Waals surface area contributed by atoms with Gasteiger partial charge in [0.1, 0.15) is 5.65 Å². The monoisotopic (exact) mass is 389 g/mol. The zero-order valence-corrected chi connectivity index (χ0v) is 15.4. The summed E-state index contributed by atoms with van der Waals surface area (Å²) in [7, 11) is 1.45. The second kappa shape index (κ2) is 7.16. The van der Waals surface area contributed by atoms with E-state index in [2.05, 4.69) is 15.0 Å². The van der Waals surface area contributed by atoms with E-state index in [0.717, 1.165) is 32.8 Å². The van der Waals surface area contributed by atoms with Crippen molar-refractivity contribution in [3.63, 3.8) is 0 Å². The van der Waals surface area contributed by atoms with Gasteiger partial charge in [-0.05, 0) is 17.7 Å². The van der Waals surface area contributed by atoms with E-state index in [1.165, 1.54) is 13.1 Å². The highest BCUT2D eigenvalue weighted by atomic mass is 19.1. The number of aromatic nitrogens is 4. The van der Waals surface area contributed by atoms with Crippen molar-refractivity contribution >= 4 is 28.8 Å². The van der Waals surface area contributed by atoms with Crippen LogP contribution in [0.15, 0.2) is 55.0 Å². The Morgan fingerprint density at radius 3 is 2.55 bits per heavy atom. The number of carbonyl (C=O) groups is 2. The lowest BCUT2D eigenvalue weighted by molar-refractivity contribution is -0.113. The minimum atomic E-state index is -0.572. The summed E-state index contributed by atoms with van der Waals surface area (Å²) in [6.07, 6.45) is 7.39. The van der Waals surface area contributed by atoms with Crippen LogP contribution in [0.3, 0.4) is 0 Å². The zero-order chi connectivity index (χ0) is 20.5. The van der Waals surface area contributed by atoms with Crippen molar-refractivity contribution in [2.75, 3.05) is 0 Å². The molecule has 0 saturated heterocycles. The number of halogens is 1. The number of primary amides is 1. The molecule has 0 unspecified atom stereocenters. The van der Waals surface area contributed by atoms with Crippen molar-refractivity contribution < 1.29 is 14.0 Å². The topological polar surface area (TPSA) is 107 Å². The second-order valence-corrected chi connectivity index (χ2v) is 6.47.